The molecule has 0 aliphatic rings. The fourth-order valence-electron chi connectivity index (χ4n) is 1.37. The van der Waals surface area contributed by atoms with Gasteiger partial charge >= 0.3 is 5.97 Å². The molecule has 1 atom stereocenters. The third kappa shape index (κ3) is 4.50. The molecule has 4 N–H and O–H groups in total. The van der Waals surface area contributed by atoms with E-state index < -0.39 is 23.7 Å². The first-order chi connectivity index (χ1) is 8.50. The van der Waals surface area contributed by atoms with Crippen LogP contribution in [0.1, 0.15) is 18.4 Å². The molecule has 18 heavy (non-hydrogen) atoms. The Bertz CT molecular complexity index is 437. The van der Waals surface area contributed by atoms with Crippen LogP contribution >= 0.6 is 0 Å². The lowest BCUT2D eigenvalue weighted by Crippen LogP contribution is -2.40. The standard InChI is InChI=1S/C12H15FN2O3/c13-9-4-2-1-3-8(9)7-15-12(18)10(14)5-6-11(16)17/h1-4,10H,5-7,14H2,(H,15,18)(H,16,17)/t10-/m0/s1. The van der Waals surface area contributed by atoms with Crippen molar-refractivity contribution < 1.29 is 19.1 Å². The summed E-state index contributed by atoms with van der Waals surface area (Å²) in [5, 5.41) is 10.9. The highest BCUT2D eigenvalue weighted by Crippen LogP contribution is 2.05. The Morgan fingerprint density at radius 3 is 2.67 bits per heavy atom. The molecule has 0 heterocycles. The summed E-state index contributed by atoms with van der Waals surface area (Å²) in [5.41, 5.74) is 5.86. The number of rotatable bonds is 6. The highest BCUT2D eigenvalue weighted by molar-refractivity contribution is 5.82. The predicted molar refractivity (Wildman–Crippen MR) is 63.1 cm³/mol. The minimum Gasteiger partial charge on any atom is -0.481 e. The minimum atomic E-state index is -1.01. The van der Waals surface area contributed by atoms with Crippen molar-refractivity contribution in [2.75, 3.05) is 0 Å². The van der Waals surface area contributed by atoms with Gasteiger partial charge in [0.05, 0.1) is 6.04 Å². The van der Waals surface area contributed by atoms with Crippen LogP contribution in [-0.2, 0) is 16.1 Å². The molecule has 1 aromatic rings. The number of benzene rings is 1. The second kappa shape index (κ2) is 6.70. The van der Waals surface area contributed by atoms with Crippen LogP contribution in [0.2, 0.25) is 0 Å². The van der Waals surface area contributed by atoms with Gasteiger partial charge in [-0.3, -0.25) is 9.59 Å². The normalized spacial score (nSPS) is 11.9. The molecule has 0 radical (unpaired) electrons. The number of halogens is 1. The third-order valence-electron chi connectivity index (χ3n) is 2.42. The Morgan fingerprint density at radius 1 is 1.39 bits per heavy atom. The van der Waals surface area contributed by atoms with Gasteiger partial charge in [0, 0.05) is 18.5 Å². The first kappa shape index (κ1) is 14.1. The van der Waals surface area contributed by atoms with Crippen LogP contribution in [0.3, 0.4) is 0 Å². The van der Waals surface area contributed by atoms with E-state index in [0.29, 0.717) is 5.56 Å². The van der Waals surface area contributed by atoms with E-state index in [1.165, 1.54) is 6.07 Å². The smallest absolute Gasteiger partial charge is 0.303 e. The maximum absolute atomic E-state index is 13.2. The van der Waals surface area contributed by atoms with E-state index in [1.807, 2.05) is 0 Å². The van der Waals surface area contributed by atoms with Crippen LogP contribution in [0.4, 0.5) is 4.39 Å². The molecule has 1 aromatic carbocycles. The highest BCUT2D eigenvalue weighted by Gasteiger charge is 2.14. The summed E-state index contributed by atoms with van der Waals surface area (Å²) in [4.78, 5) is 21.8. The monoisotopic (exact) mass is 254 g/mol. The van der Waals surface area contributed by atoms with Gasteiger partial charge in [-0.25, -0.2) is 4.39 Å². The third-order valence-corrected chi connectivity index (χ3v) is 2.42. The number of hydrogen-bond donors (Lipinski definition) is 3. The Labute approximate surface area is 104 Å². The minimum absolute atomic E-state index is 0.0340. The number of nitrogens with one attached hydrogen (secondary N) is 1. The molecule has 0 saturated heterocycles. The maximum Gasteiger partial charge on any atom is 0.303 e. The molecule has 0 aliphatic heterocycles. The summed E-state index contributed by atoms with van der Waals surface area (Å²) in [6.45, 7) is 0.0340. The van der Waals surface area contributed by atoms with Gasteiger partial charge in [-0.15, -0.1) is 0 Å². The quantitative estimate of drug-likeness (QED) is 0.694. The number of carboxylic acid groups (broad SMARTS) is 1. The molecular weight excluding hydrogens is 239 g/mol. The molecule has 0 aromatic heterocycles. The SMILES string of the molecule is N[C@@H](CCC(=O)O)C(=O)NCc1ccccc1F. The lowest BCUT2D eigenvalue weighted by Gasteiger charge is -2.11. The van der Waals surface area contributed by atoms with Crippen LogP contribution < -0.4 is 11.1 Å². The van der Waals surface area contributed by atoms with E-state index in [4.69, 9.17) is 10.8 Å². The fraction of sp³-hybridized carbons (Fsp3) is 0.333. The van der Waals surface area contributed by atoms with E-state index >= 15 is 0 Å². The lowest BCUT2D eigenvalue weighted by atomic mass is 10.1. The Hall–Kier alpha value is -1.95. The second-order valence-electron chi connectivity index (χ2n) is 3.85. The molecule has 0 bridgehead atoms. The van der Waals surface area contributed by atoms with Gasteiger partial charge in [0.2, 0.25) is 5.91 Å². The zero-order chi connectivity index (χ0) is 13.5. The van der Waals surface area contributed by atoms with Gasteiger partial charge in [0.1, 0.15) is 5.82 Å². The van der Waals surface area contributed by atoms with Crippen molar-refractivity contribution in [2.24, 2.45) is 5.73 Å². The van der Waals surface area contributed by atoms with Crippen LogP contribution in [0, 0.1) is 5.82 Å². The average molecular weight is 254 g/mol. The average Bonchev–Trinajstić information content (AvgIpc) is 2.34. The maximum atomic E-state index is 13.2. The summed E-state index contributed by atoms with van der Waals surface area (Å²) in [5.74, 6) is -1.90. The number of aliphatic carboxylic acids is 1. The van der Waals surface area contributed by atoms with Crippen molar-refractivity contribution in [2.45, 2.75) is 25.4 Å². The molecule has 0 saturated carbocycles. The molecule has 1 amide bonds. The van der Waals surface area contributed by atoms with Gasteiger partial charge in [0.25, 0.3) is 0 Å². The number of nitrogens with two attached hydrogens (primary N) is 1. The van der Waals surface area contributed by atoms with Gasteiger partial charge in [0.15, 0.2) is 0 Å². The van der Waals surface area contributed by atoms with Gasteiger partial charge < -0.3 is 16.2 Å². The van der Waals surface area contributed by atoms with Crippen LogP contribution in [0.5, 0.6) is 0 Å². The number of amides is 1. The summed E-state index contributed by atoms with van der Waals surface area (Å²) < 4.78 is 13.2. The highest BCUT2D eigenvalue weighted by atomic mass is 19.1. The van der Waals surface area contributed by atoms with E-state index in [-0.39, 0.29) is 19.4 Å². The molecular formula is C12H15FN2O3. The number of carbonyl (C=O) groups excluding carboxylic acids is 1. The van der Waals surface area contributed by atoms with Gasteiger partial charge in [-0.1, -0.05) is 18.2 Å². The first-order valence-corrected chi connectivity index (χ1v) is 5.49. The molecule has 5 nitrogen and oxygen atoms in total. The predicted octanol–water partition coefficient (Wildman–Crippen LogP) is 0.634. The van der Waals surface area contributed by atoms with Crippen molar-refractivity contribution in [3.05, 3.63) is 35.6 Å². The number of carboxylic acids is 1. The Balaban J connectivity index is 2.41. The summed E-state index contributed by atoms with van der Waals surface area (Å²) >= 11 is 0. The van der Waals surface area contributed by atoms with Crippen LogP contribution in [0.25, 0.3) is 0 Å². The number of hydrogen-bond acceptors (Lipinski definition) is 3. The molecule has 0 fully saturated rings. The second-order valence-corrected chi connectivity index (χ2v) is 3.85. The summed E-state index contributed by atoms with van der Waals surface area (Å²) in [6, 6.07) is 5.17. The fourth-order valence-corrected chi connectivity index (χ4v) is 1.37. The molecule has 0 unspecified atom stereocenters. The summed E-state index contributed by atoms with van der Waals surface area (Å²) in [6.07, 6.45) is -0.118. The molecule has 98 valence electrons. The van der Waals surface area contributed by atoms with E-state index in [1.54, 1.807) is 18.2 Å². The Kier molecular flexibility index (Phi) is 5.26. The van der Waals surface area contributed by atoms with Crippen molar-refractivity contribution in [3.8, 4) is 0 Å². The van der Waals surface area contributed by atoms with E-state index in [9.17, 15) is 14.0 Å². The van der Waals surface area contributed by atoms with Crippen molar-refractivity contribution >= 4 is 11.9 Å². The zero-order valence-electron chi connectivity index (χ0n) is 9.73. The van der Waals surface area contributed by atoms with Crippen molar-refractivity contribution in [1.82, 2.24) is 5.32 Å². The Morgan fingerprint density at radius 2 is 2.06 bits per heavy atom. The molecule has 1 rings (SSSR count). The molecule has 6 heteroatoms. The largest absolute Gasteiger partial charge is 0.481 e. The molecule has 0 aliphatic carbocycles. The molecule has 0 spiro atoms. The number of carbonyl (C=O) groups is 2. The van der Waals surface area contributed by atoms with Crippen LogP contribution in [0.15, 0.2) is 24.3 Å². The topological polar surface area (TPSA) is 92.4 Å². The van der Waals surface area contributed by atoms with Gasteiger partial charge in [-0.2, -0.15) is 0 Å². The van der Waals surface area contributed by atoms with Crippen LogP contribution in [-0.4, -0.2) is 23.0 Å². The summed E-state index contributed by atoms with van der Waals surface area (Å²) in [7, 11) is 0. The van der Waals surface area contributed by atoms with Crippen molar-refractivity contribution in [1.29, 1.82) is 0 Å². The van der Waals surface area contributed by atoms with E-state index in [0.717, 1.165) is 0 Å². The zero-order valence-corrected chi connectivity index (χ0v) is 9.73. The van der Waals surface area contributed by atoms with Crippen molar-refractivity contribution in [3.63, 3.8) is 0 Å². The van der Waals surface area contributed by atoms with Gasteiger partial charge in [-0.05, 0) is 12.5 Å². The first-order valence-electron chi connectivity index (χ1n) is 5.49. The van der Waals surface area contributed by atoms with E-state index in [2.05, 4.69) is 5.32 Å². The lowest BCUT2D eigenvalue weighted by molar-refractivity contribution is -0.137.